The molecule has 0 saturated carbocycles. The lowest BCUT2D eigenvalue weighted by molar-refractivity contribution is 0.599. The molecule has 1 aromatic heterocycles. The third kappa shape index (κ3) is 3.29. The number of fused-ring (bicyclic) bond motifs is 1. The lowest BCUT2D eigenvalue weighted by Gasteiger charge is -2.18. The molecule has 0 bridgehead atoms. The molecule has 7 heteroatoms. The van der Waals surface area contributed by atoms with E-state index in [2.05, 4.69) is 26.2 Å². The van der Waals surface area contributed by atoms with Crippen molar-refractivity contribution in [2.75, 3.05) is 21.9 Å². The molecule has 1 aliphatic rings. The molecule has 0 unspecified atom stereocenters. The molecule has 1 aliphatic heterocycles. The molecular weight excluding hydrogens is 414 g/mol. The SMILES string of the molecule is O=S1(=O)CCCN1c1cccc(CNc2ccnc3c(Br)cccc23)c1. The number of nitrogens with one attached hydrogen (secondary N) is 1. The second kappa shape index (κ2) is 6.89. The van der Waals surface area contributed by atoms with Crippen LogP contribution in [0, 0.1) is 0 Å². The summed E-state index contributed by atoms with van der Waals surface area (Å²) < 4.78 is 26.7. The second-order valence-corrected chi connectivity index (χ2v) is 9.13. The first kappa shape index (κ1) is 17.3. The van der Waals surface area contributed by atoms with Gasteiger partial charge in [-0.1, -0.05) is 24.3 Å². The first-order chi connectivity index (χ1) is 12.5. The highest BCUT2D eigenvalue weighted by Gasteiger charge is 2.28. The molecule has 0 spiro atoms. The predicted molar refractivity (Wildman–Crippen MR) is 109 cm³/mol. The minimum atomic E-state index is -3.16. The molecule has 2 heterocycles. The largest absolute Gasteiger partial charge is 0.380 e. The Labute approximate surface area is 161 Å². The molecule has 0 atom stereocenters. The van der Waals surface area contributed by atoms with Gasteiger partial charge in [-0.3, -0.25) is 9.29 Å². The van der Waals surface area contributed by atoms with E-state index in [1.807, 2.05) is 48.5 Å². The van der Waals surface area contributed by atoms with Crippen LogP contribution in [-0.2, 0) is 16.6 Å². The Kier molecular flexibility index (Phi) is 4.58. The summed E-state index contributed by atoms with van der Waals surface area (Å²) in [7, 11) is -3.16. The molecule has 1 fully saturated rings. The van der Waals surface area contributed by atoms with Gasteiger partial charge >= 0.3 is 0 Å². The van der Waals surface area contributed by atoms with E-state index >= 15 is 0 Å². The van der Waals surface area contributed by atoms with Crippen LogP contribution in [-0.4, -0.2) is 25.7 Å². The number of benzene rings is 2. The number of anilines is 2. The van der Waals surface area contributed by atoms with E-state index in [-0.39, 0.29) is 5.75 Å². The number of hydrogen-bond acceptors (Lipinski definition) is 4. The number of halogens is 1. The zero-order chi connectivity index (χ0) is 18.1. The maximum Gasteiger partial charge on any atom is 0.235 e. The van der Waals surface area contributed by atoms with Crippen LogP contribution >= 0.6 is 15.9 Å². The van der Waals surface area contributed by atoms with Crippen LogP contribution in [0.5, 0.6) is 0 Å². The number of pyridine rings is 1. The fourth-order valence-electron chi connectivity index (χ4n) is 3.24. The van der Waals surface area contributed by atoms with Gasteiger partial charge in [-0.2, -0.15) is 0 Å². The van der Waals surface area contributed by atoms with Gasteiger partial charge in [0, 0.05) is 34.8 Å². The second-order valence-electron chi connectivity index (χ2n) is 6.26. The average Bonchev–Trinajstić information content (AvgIpc) is 3.00. The molecule has 0 aliphatic carbocycles. The van der Waals surface area contributed by atoms with Crippen molar-refractivity contribution in [2.24, 2.45) is 0 Å². The Morgan fingerprint density at radius 2 is 2.00 bits per heavy atom. The monoisotopic (exact) mass is 431 g/mol. The molecule has 26 heavy (non-hydrogen) atoms. The third-order valence-corrected chi connectivity index (χ3v) is 7.01. The smallest absolute Gasteiger partial charge is 0.235 e. The van der Waals surface area contributed by atoms with Crippen molar-refractivity contribution in [1.82, 2.24) is 4.98 Å². The van der Waals surface area contributed by atoms with Crippen LogP contribution in [0.4, 0.5) is 11.4 Å². The molecular formula is C19H18BrN3O2S. The van der Waals surface area contributed by atoms with E-state index in [0.29, 0.717) is 19.5 Å². The van der Waals surface area contributed by atoms with Gasteiger partial charge in [0.25, 0.3) is 0 Å². The minimum Gasteiger partial charge on any atom is -0.380 e. The van der Waals surface area contributed by atoms with Gasteiger partial charge < -0.3 is 5.32 Å². The predicted octanol–water partition coefficient (Wildman–Crippen LogP) is 4.15. The van der Waals surface area contributed by atoms with Crippen LogP contribution in [0.15, 0.2) is 59.2 Å². The summed E-state index contributed by atoms with van der Waals surface area (Å²) in [6, 6.07) is 15.6. The van der Waals surface area contributed by atoms with Gasteiger partial charge in [0.2, 0.25) is 10.0 Å². The quantitative estimate of drug-likeness (QED) is 0.673. The lowest BCUT2D eigenvalue weighted by Crippen LogP contribution is -2.25. The van der Waals surface area contributed by atoms with E-state index in [4.69, 9.17) is 0 Å². The lowest BCUT2D eigenvalue weighted by atomic mass is 10.1. The van der Waals surface area contributed by atoms with Crippen molar-refractivity contribution < 1.29 is 8.42 Å². The molecule has 134 valence electrons. The molecule has 2 aromatic carbocycles. The molecule has 0 amide bonds. The molecule has 1 N–H and O–H groups in total. The van der Waals surface area contributed by atoms with Gasteiger partial charge in [-0.15, -0.1) is 0 Å². The Morgan fingerprint density at radius 1 is 1.15 bits per heavy atom. The Balaban J connectivity index is 1.58. The Bertz CT molecular complexity index is 1070. The van der Waals surface area contributed by atoms with Crippen LogP contribution in [0.3, 0.4) is 0 Å². The van der Waals surface area contributed by atoms with E-state index in [1.165, 1.54) is 4.31 Å². The zero-order valence-electron chi connectivity index (χ0n) is 14.0. The van der Waals surface area contributed by atoms with E-state index in [9.17, 15) is 8.42 Å². The van der Waals surface area contributed by atoms with E-state index < -0.39 is 10.0 Å². The number of rotatable bonds is 4. The summed E-state index contributed by atoms with van der Waals surface area (Å²) >= 11 is 3.53. The maximum absolute atomic E-state index is 12.1. The average molecular weight is 432 g/mol. The molecule has 5 nitrogen and oxygen atoms in total. The summed E-state index contributed by atoms with van der Waals surface area (Å²) in [5.74, 6) is 0.230. The summed E-state index contributed by atoms with van der Waals surface area (Å²) in [6.07, 6.45) is 2.46. The number of hydrogen-bond donors (Lipinski definition) is 1. The standard InChI is InChI=1S/C19H18BrN3O2S/c20-17-7-2-6-16-18(8-9-21-19(16)17)22-13-14-4-1-5-15(12-14)23-10-3-11-26(23,24)25/h1-2,4-9,12H,3,10-11,13H2,(H,21,22). The van der Waals surface area contributed by atoms with Crippen LogP contribution < -0.4 is 9.62 Å². The van der Waals surface area contributed by atoms with Crippen molar-refractivity contribution in [2.45, 2.75) is 13.0 Å². The fraction of sp³-hybridized carbons (Fsp3) is 0.211. The maximum atomic E-state index is 12.1. The summed E-state index contributed by atoms with van der Waals surface area (Å²) in [4.78, 5) is 4.42. The summed E-state index contributed by atoms with van der Waals surface area (Å²) in [5, 5.41) is 4.48. The van der Waals surface area contributed by atoms with Crippen LogP contribution in [0.2, 0.25) is 0 Å². The number of sulfonamides is 1. The number of aromatic nitrogens is 1. The Hall–Kier alpha value is -2.12. The van der Waals surface area contributed by atoms with E-state index in [0.717, 1.165) is 32.3 Å². The zero-order valence-corrected chi connectivity index (χ0v) is 16.4. The number of nitrogens with zero attached hydrogens (tertiary/aromatic N) is 2. The summed E-state index contributed by atoms with van der Waals surface area (Å²) in [6.45, 7) is 1.16. The molecule has 4 rings (SSSR count). The highest BCUT2D eigenvalue weighted by molar-refractivity contribution is 9.10. The molecule has 0 radical (unpaired) electrons. The van der Waals surface area contributed by atoms with Gasteiger partial charge in [-0.25, -0.2) is 8.42 Å². The van der Waals surface area contributed by atoms with Gasteiger partial charge in [0.15, 0.2) is 0 Å². The minimum absolute atomic E-state index is 0.230. The summed E-state index contributed by atoms with van der Waals surface area (Å²) in [5.41, 5.74) is 3.68. The molecule has 1 saturated heterocycles. The van der Waals surface area contributed by atoms with Gasteiger partial charge in [0.05, 0.1) is 17.0 Å². The van der Waals surface area contributed by atoms with Gasteiger partial charge in [0.1, 0.15) is 0 Å². The van der Waals surface area contributed by atoms with Crippen LogP contribution in [0.25, 0.3) is 10.9 Å². The fourth-order valence-corrected chi connectivity index (χ4v) is 5.27. The highest BCUT2D eigenvalue weighted by atomic mass is 79.9. The van der Waals surface area contributed by atoms with Crippen molar-refractivity contribution in [3.05, 3.63) is 64.8 Å². The third-order valence-electron chi connectivity index (χ3n) is 4.50. The first-order valence-corrected chi connectivity index (χ1v) is 10.8. The topological polar surface area (TPSA) is 62.3 Å². The highest BCUT2D eigenvalue weighted by Crippen LogP contribution is 2.28. The normalized spacial score (nSPS) is 16.1. The van der Waals surface area contributed by atoms with Crippen LogP contribution in [0.1, 0.15) is 12.0 Å². The van der Waals surface area contributed by atoms with E-state index in [1.54, 1.807) is 6.20 Å². The molecule has 3 aromatic rings. The van der Waals surface area contributed by atoms with Crippen molar-refractivity contribution in [1.29, 1.82) is 0 Å². The van der Waals surface area contributed by atoms with Crippen molar-refractivity contribution in [3.63, 3.8) is 0 Å². The Morgan fingerprint density at radius 3 is 2.81 bits per heavy atom. The number of para-hydroxylation sites is 1. The van der Waals surface area contributed by atoms with Crippen molar-refractivity contribution in [3.8, 4) is 0 Å². The van der Waals surface area contributed by atoms with Gasteiger partial charge in [-0.05, 0) is 52.2 Å². The first-order valence-electron chi connectivity index (χ1n) is 8.41. The van der Waals surface area contributed by atoms with Crippen molar-refractivity contribution >= 4 is 48.2 Å².